The van der Waals surface area contributed by atoms with Gasteiger partial charge >= 0.3 is 0 Å². The summed E-state index contributed by atoms with van der Waals surface area (Å²) in [6, 6.07) is 99.8. The van der Waals surface area contributed by atoms with Gasteiger partial charge in [-0.3, -0.25) is 0 Å². The molecule has 1 heterocycles. The minimum atomic E-state index is -0.566. The molecule has 344 valence electrons. The Balaban J connectivity index is 0.897. The lowest BCUT2D eigenvalue weighted by molar-refractivity contribution is 0.633. The molecule has 11 aromatic carbocycles. The second-order valence-corrected chi connectivity index (χ2v) is 19.8. The van der Waals surface area contributed by atoms with Crippen LogP contribution in [0.4, 0.5) is 0 Å². The van der Waals surface area contributed by atoms with Gasteiger partial charge in [-0.25, -0.2) is 15.0 Å². The number of aromatic nitrogens is 3. The van der Waals surface area contributed by atoms with Crippen LogP contribution in [0.3, 0.4) is 0 Å². The Labute approximate surface area is 430 Å². The molecule has 0 radical (unpaired) electrons. The van der Waals surface area contributed by atoms with Crippen molar-refractivity contribution < 1.29 is 0 Å². The van der Waals surface area contributed by atoms with E-state index < -0.39 is 10.8 Å². The minimum absolute atomic E-state index is 0.531. The molecule has 3 aliphatic rings. The zero-order chi connectivity index (χ0) is 48.8. The molecular formula is C71H45N3. The van der Waals surface area contributed by atoms with Gasteiger partial charge in [-0.2, -0.15) is 0 Å². The van der Waals surface area contributed by atoms with Crippen LogP contribution in [0.25, 0.3) is 89.8 Å². The van der Waals surface area contributed by atoms with E-state index in [1.165, 1.54) is 77.9 Å². The second-order valence-electron chi connectivity index (χ2n) is 19.8. The molecule has 2 spiro atoms. The molecule has 15 rings (SSSR count). The molecule has 12 aromatic rings. The summed E-state index contributed by atoms with van der Waals surface area (Å²) in [7, 11) is 0. The smallest absolute Gasteiger partial charge is 0.164 e. The van der Waals surface area contributed by atoms with E-state index in [-0.39, 0.29) is 0 Å². The molecule has 0 unspecified atom stereocenters. The van der Waals surface area contributed by atoms with Gasteiger partial charge in [-0.1, -0.05) is 267 Å². The number of fused-ring (bicyclic) bond motifs is 16. The highest BCUT2D eigenvalue weighted by Gasteiger charge is 2.59. The maximum atomic E-state index is 5.19. The fourth-order valence-electron chi connectivity index (χ4n) is 12.9. The first-order valence-electron chi connectivity index (χ1n) is 25.5. The molecule has 0 aliphatic heterocycles. The summed E-state index contributed by atoms with van der Waals surface area (Å²) in [4.78, 5) is 15.5. The Morgan fingerprint density at radius 2 is 0.419 bits per heavy atom. The summed E-state index contributed by atoms with van der Waals surface area (Å²) in [6.45, 7) is 0. The Morgan fingerprint density at radius 1 is 0.176 bits per heavy atom. The van der Waals surface area contributed by atoms with Gasteiger partial charge in [0.05, 0.1) is 10.8 Å². The largest absolute Gasteiger partial charge is 0.208 e. The molecule has 3 nitrogen and oxygen atoms in total. The van der Waals surface area contributed by atoms with Gasteiger partial charge in [0.15, 0.2) is 17.5 Å². The zero-order valence-corrected chi connectivity index (χ0v) is 40.3. The molecule has 1 aromatic heterocycles. The standard InChI is InChI=1S/C71H45N3/c1-3-17-46(18-4-1)48-31-37-51(38-32-48)67-72-68(52-39-33-49(34-40-52)47-19-5-2-6-20-47)74-69(73-67)53-41-35-50(36-42-53)54-43-44-65-66(45-54)71(61-27-13-9-23-57(61)58-24-10-14-28-62(58)71)64-30-16-15-29-63(64)70(65)59-25-11-7-21-55(59)56-22-8-12-26-60(56)70/h1-45H. The third-order valence-corrected chi connectivity index (χ3v) is 16.1. The molecule has 0 saturated heterocycles. The topological polar surface area (TPSA) is 38.7 Å². The van der Waals surface area contributed by atoms with Crippen LogP contribution in [0.2, 0.25) is 0 Å². The summed E-state index contributed by atoms with van der Waals surface area (Å²) in [6.07, 6.45) is 0. The van der Waals surface area contributed by atoms with Crippen LogP contribution < -0.4 is 0 Å². The van der Waals surface area contributed by atoms with E-state index in [1.54, 1.807) is 0 Å². The van der Waals surface area contributed by atoms with Gasteiger partial charge in [-0.15, -0.1) is 0 Å². The first-order chi connectivity index (χ1) is 36.7. The van der Waals surface area contributed by atoms with Crippen molar-refractivity contribution in [3.05, 3.63) is 317 Å². The lowest BCUT2D eigenvalue weighted by atomic mass is 9.52. The van der Waals surface area contributed by atoms with Crippen molar-refractivity contribution in [2.75, 3.05) is 0 Å². The first kappa shape index (κ1) is 42.1. The van der Waals surface area contributed by atoms with Gasteiger partial charge in [0.25, 0.3) is 0 Å². The SMILES string of the molecule is c1ccc(-c2ccc(-c3nc(-c4ccc(-c5ccccc5)cc4)nc(-c4ccc(-c5ccc6c(c5)C5(c7ccccc7-c7ccccc75)c5ccccc5C65c6ccccc6-c6ccccc65)cc4)n3)cc2)cc1. The van der Waals surface area contributed by atoms with E-state index in [0.29, 0.717) is 17.5 Å². The summed E-state index contributed by atoms with van der Waals surface area (Å²) in [5.41, 5.74) is 24.3. The fraction of sp³-hybridized carbons (Fsp3) is 0.0282. The number of nitrogens with zero attached hydrogens (tertiary/aromatic N) is 3. The maximum absolute atomic E-state index is 5.19. The molecule has 0 atom stereocenters. The van der Waals surface area contributed by atoms with Crippen molar-refractivity contribution in [2.45, 2.75) is 10.8 Å². The molecule has 0 fully saturated rings. The predicted octanol–water partition coefficient (Wildman–Crippen LogP) is 16.9. The van der Waals surface area contributed by atoms with Gasteiger partial charge in [0.2, 0.25) is 0 Å². The van der Waals surface area contributed by atoms with Crippen LogP contribution in [0.5, 0.6) is 0 Å². The minimum Gasteiger partial charge on any atom is -0.208 e. The number of hydrogen-bond donors (Lipinski definition) is 0. The summed E-state index contributed by atoms with van der Waals surface area (Å²) in [5, 5.41) is 0. The van der Waals surface area contributed by atoms with Crippen LogP contribution in [0, 0.1) is 0 Å². The third kappa shape index (κ3) is 6.11. The van der Waals surface area contributed by atoms with Crippen molar-refractivity contribution in [2.24, 2.45) is 0 Å². The zero-order valence-electron chi connectivity index (χ0n) is 40.3. The van der Waals surface area contributed by atoms with Crippen LogP contribution in [-0.4, -0.2) is 15.0 Å². The Morgan fingerprint density at radius 3 is 0.784 bits per heavy atom. The van der Waals surface area contributed by atoms with Gasteiger partial charge in [0.1, 0.15) is 0 Å². The van der Waals surface area contributed by atoms with E-state index in [1.807, 2.05) is 12.1 Å². The Kier molecular flexibility index (Phi) is 9.39. The first-order valence-corrected chi connectivity index (χ1v) is 25.5. The summed E-state index contributed by atoms with van der Waals surface area (Å²) < 4.78 is 0. The highest BCUT2D eigenvalue weighted by Crippen LogP contribution is 2.67. The second kappa shape index (κ2) is 16.5. The van der Waals surface area contributed by atoms with Crippen molar-refractivity contribution in [1.82, 2.24) is 15.0 Å². The monoisotopic (exact) mass is 939 g/mol. The molecule has 3 aliphatic carbocycles. The van der Waals surface area contributed by atoms with Crippen LogP contribution >= 0.6 is 0 Å². The average Bonchev–Trinajstić information content (AvgIpc) is 3.95. The predicted molar refractivity (Wildman–Crippen MR) is 301 cm³/mol. The molecular weight excluding hydrogens is 895 g/mol. The average molecular weight is 940 g/mol. The molecule has 0 saturated carbocycles. The van der Waals surface area contributed by atoms with Crippen LogP contribution in [-0.2, 0) is 10.8 Å². The van der Waals surface area contributed by atoms with E-state index >= 15 is 0 Å². The highest BCUT2D eigenvalue weighted by atomic mass is 15.0. The van der Waals surface area contributed by atoms with Crippen LogP contribution in [0.1, 0.15) is 44.5 Å². The Bertz CT molecular complexity index is 3970. The molecule has 0 N–H and O–H groups in total. The van der Waals surface area contributed by atoms with Gasteiger partial charge in [-0.05, 0) is 106 Å². The lowest BCUT2D eigenvalue weighted by Gasteiger charge is -2.49. The lowest BCUT2D eigenvalue weighted by Crippen LogP contribution is -2.43. The fourth-order valence-corrected chi connectivity index (χ4v) is 12.9. The van der Waals surface area contributed by atoms with E-state index in [4.69, 9.17) is 15.0 Å². The molecule has 0 bridgehead atoms. The van der Waals surface area contributed by atoms with Gasteiger partial charge < -0.3 is 0 Å². The van der Waals surface area contributed by atoms with E-state index in [0.717, 1.165) is 38.9 Å². The number of benzene rings is 11. The molecule has 74 heavy (non-hydrogen) atoms. The van der Waals surface area contributed by atoms with Crippen molar-refractivity contribution in [3.63, 3.8) is 0 Å². The third-order valence-electron chi connectivity index (χ3n) is 16.1. The molecule has 0 amide bonds. The van der Waals surface area contributed by atoms with Gasteiger partial charge in [0, 0.05) is 16.7 Å². The summed E-state index contributed by atoms with van der Waals surface area (Å²) in [5.74, 6) is 1.88. The van der Waals surface area contributed by atoms with E-state index in [2.05, 4.69) is 261 Å². The highest BCUT2D eigenvalue weighted by molar-refractivity contribution is 5.94. The summed E-state index contributed by atoms with van der Waals surface area (Å²) >= 11 is 0. The number of rotatable bonds is 6. The normalized spacial score (nSPS) is 13.6. The number of hydrogen-bond acceptors (Lipinski definition) is 3. The van der Waals surface area contributed by atoms with Crippen molar-refractivity contribution in [3.8, 4) is 89.8 Å². The molecule has 3 heteroatoms. The quantitative estimate of drug-likeness (QED) is 0.167. The Hall–Kier alpha value is -9.57. The van der Waals surface area contributed by atoms with Crippen molar-refractivity contribution in [1.29, 1.82) is 0 Å². The maximum Gasteiger partial charge on any atom is 0.164 e. The van der Waals surface area contributed by atoms with Crippen molar-refractivity contribution >= 4 is 0 Å². The van der Waals surface area contributed by atoms with E-state index in [9.17, 15) is 0 Å². The van der Waals surface area contributed by atoms with Crippen LogP contribution in [0.15, 0.2) is 273 Å².